The minimum Gasteiger partial charge on any atom is -0.435 e. The number of tetrazole rings is 1. The third-order valence-electron chi connectivity index (χ3n) is 5.03. The van der Waals surface area contributed by atoms with Crippen LogP contribution in [0.3, 0.4) is 0 Å². The van der Waals surface area contributed by atoms with Gasteiger partial charge in [0.25, 0.3) is 0 Å². The predicted octanol–water partition coefficient (Wildman–Crippen LogP) is 4.33. The van der Waals surface area contributed by atoms with Crippen molar-refractivity contribution in [1.82, 2.24) is 30.2 Å². The van der Waals surface area contributed by atoms with E-state index in [1.54, 1.807) is 0 Å². The smallest absolute Gasteiger partial charge is 0.387 e. The maximum atomic E-state index is 15.7. The van der Waals surface area contributed by atoms with Crippen molar-refractivity contribution in [1.29, 1.82) is 0 Å². The average Bonchev–Trinajstić information content (AvgIpc) is 3.32. The molecule has 4 rings (SSSR count). The van der Waals surface area contributed by atoms with Crippen LogP contribution < -0.4 is 4.74 Å². The van der Waals surface area contributed by atoms with Gasteiger partial charge < -0.3 is 9.84 Å². The molecule has 36 heavy (non-hydrogen) atoms. The first-order chi connectivity index (χ1) is 16.6. The van der Waals surface area contributed by atoms with Crippen molar-refractivity contribution in [2.75, 3.05) is 0 Å². The Hall–Kier alpha value is -4.07. The highest BCUT2D eigenvalue weighted by Gasteiger charge is 2.58. The van der Waals surface area contributed by atoms with Gasteiger partial charge in [0.05, 0.1) is 24.6 Å². The highest BCUT2D eigenvalue weighted by molar-refractivity contribution is 5.59. The summed E-state index contributed by atoms with van der Waals surface area (Å²) >= 11 is 0. The topological polar surface area (TPSA) is 98.8 Å². The van der Waals surface area contributed by atoms with Crippen LogP contribution in [0.5, 0.6) is 5.75 Å². The summed E-state index contributed by atoms with van der Waals surface area (Å²) in [4.78, 5) is 7.59. The Bertz CT molecular complexity index is 1290. The molecule has 0 bridgehead atoms. The first kappa shape index (κ1) is 26.5. The van der Waals surface area contributed by atoms with E-state index in [1.807, 2.05) is 0 Å². The van der Waals surface area contributed by atoms with Crippen molar-refractivity contribution in [3.8, 4) is 17.0 Å². The fraction of sp³-hybridized carbons (Fsp3) is 0.227. The molecule has 4 aromatic rings. The van der Waals surface area contributed by atoms with Crippen LogP contribution in [-0.4, -0.2) is 41.9 Å². The summed E-state index contributed by atoms with van der Waals surface area (Å²) in [5.74, 6) is -6.84. The van der Waals surface area contributed by atoms with E-state index >= 15 is 8.78 Å². The van der Waals surface area contributed by atoms with E-state index < -0.39 is 47.6 Å². The third-order valence-corrected chi connectivity index (χ3v) is 5.03. The second kappa shape index (κ2) is 10.3. The molecule has 14 heteroatoms. The molecule has 0 amide bonds. The lowest BCUT2D eigenvalue weighted by molar-refractivity contribution is -0.208. The van der Waals surface area contributed by atoms with Crippen LogP contribution in [-0.2, 0) is 18.1 Å². The van der Waals surface area contributed by atoms with Crippen molar-refractivity contribution < 1.29 is 36.2 Å². The molecule has 190 valence electrons. The Kier molecular flexibility index (Phi) is 7.57. The molecule has 0 radical (unpaired) electrons. The van der Waals surface area contributed by atoms with Crippen molar-refractivity contribution in [2.24, 2.45) is 0 Å². The number of aliphatic hydroxyl groups is 1. The van der Waals surface area contributed by atoms with Crippen molar-refractivity contribution >= 4 is 0 Å². The van der Waals surface area contributed by atoms with Gasteiger partial charge in [-0.3, -0.25) is 9.97 Å². The van der Waals surface area contributed by atoms with Crippen LogP contribution in [0.4, 0.5) is 26.3 Å². The van der Waals surface area contributed by atoms with Gasteiger partial charge in [0.1, 0.15) is 29.4 Å². The molecule has 0 saturated carbocycles. The van der Waals surface area contributed by atoms with Crippen LogP contribution in [0.25, 0.3) is 11.3 Å². The fourth-order valence-corrected chi connectivity index (χ4v) is 3.32. The molecule has 0 aliphatic carbocycles. The Morgan fingerprint density at radius 3 is 2.28 bits per heavy atom. The molecule has 1 atom stereocenters. The van der Waals surface area contributed by atoms with Crippen molar-refractivity contribution in [3.05, 3.63) is 84.1 Å². The minimum absolute atomic E-state index is 0. The number of aromatic nitrogens is 6. The first-order valence-corrected chi connectivity index (χ1v) is 9.74. The number of benzene rings is 2. The monoisotopic (exact) mass is 512 g/mol. The lowest BCUT2D eigenvalue weighted by Gasteiger charge is -2.35. The lowest BCUT2D eigenvalue weighted by atomic mass is 9.85. The summed E-state index contributed by atoms with van der Waals surface area (Å²) in [6.07, 6.45) is 2.56. The molecule has 0 fully saturated rings. The Balaban J connectivity index is 0.00000361. The molecule has 8 nitrogen and oxygen atoms in total. The maximum Gasteiger partial charge on any atom is 0.387 e. The summed E-state index contributed by atoms with van der Waals surface area (Å²) in [5.41, 5.74) is -4.80. The van der Waals surface area contributed by atoms with E-state index in [4.69, 9.17) is 0 Å². The number of ether oxygens (including phenoxy) is 1. The molecule has 0 saturated heterocycles. The van der Waals surface area contributed by atoms with Gasteiger partial charge in [0.15, 0.2) is 5.60 Å². The van der Waals surface area contributed by atoms with E-state index in [2.05, 4.69) is 30.2 Å². The predicted molar refractivity (Wildman–Crippen MR) is 113 cm³/mol. The SMILES string of the molecule is C.OC(Cn1cnnn1)(c1ccc(F)cc1F)C(F)(F)c1cnc(-c2ccc(OC(F)F)cc2)cn1. The molecule has 1 unspecified atom stereocenters. The lowest BCUT2D eigenvalue weighted by Crippen LogP contribution is -2.48. The Labute approximate surface area is 200 Å². The summed E-state index contributed by atoms with van der Waals surface area (Å²) in [6.45, 7) is -4.02. The summed E-state index contributed by atoms with van der Waals surface area (Å²) in [7, 11) is 0. The highest BCUT2D eigenvalue weighted by Crippen LogP contribution is 2.46. The minimum atomic E-state index is -4.27. The zero-order valence-corrected chi connectivity index (χ0v) is 17.4. The molecule has 0 aliphatic heterocycles. The van der Waals surface area contributed by atoms with E-state index in [9.17, 15) is 22.7 Å². The van der Waals surface area contributed by atoms with Crippen LogP contribution >= 0.6 is 0 Å². The van der Waals surface area contributed by atoms with Gasteiger partial charge in [-0.2, -0.15) is 17.6 Å². The van der Waals surface area contributed by atoms with Gasteiger partial charge >= 0.3 is 12.5 Å². The van der Waals surface area contributed by atoms with E-state index in [-0.39, 0.29) is 18.9 Å². The molecule has 0 aliphatic rings. The first-order valence-electron chi connectivity index (χ1n) is 9.74. The average molecular weight is 512 g/mol. The fourth-order valence-electron chi connectivity index (χ4n) is 3.32. The summed E-state index contributed by atoms with van der Waals surface area (Å²) in [6, 6.07) is 6.94. The largest absolute Gasteiger partial charge is 0.435 e. The van der Waals surface area contributed by atoms with Gasteiger partial charge in [0, 0.05) is 17.2 Å². The van der Waals surface area contributed by atoms with Crippen LogP contribution in [0.1, 0.15) is 18.7 Å². The Morgan fingerprint density at radius 1 is 1.00 bits per heavy atom. The number of halogens is 6. The number of alkyl halides is 4. The van der Waals surface area contributed by atoms with Gasteiger partial charge in [0.2, 0.25) is 0 Å². The van der Waals surface area contributed by atoms with E-state index in [0.717, 1.165) is 23.3 Å². The Morgan fingerprint density at radius 2 is 1.72 bits per heavy atom. The number of hydrogen-bond donors (Lipinski definition) is 1. The molecule has 2 aromatic heterocycles. The molecule has 1 N–H and O–H groups in total. The second-order valence-corrected chi connectivity index (χ2v) is 7.26. The quantitative estimate of drug-likeness (QED) is 0.351. The number of hydrogen-bond acceptors (Lipinski definition) is 7. The molecule has 2 heterocycles. The van der Waals surface area contributed by atoms with Crippen molar-refractivity contribution in [2.45, 2.75) is 32.1 Å². The van der Waals surface area contributed by atoms with Crippen LogP contribution in [0.15, 0.2) is 61.2 Å². The van der Waals surface area contributed by atoms with Gasteiger partial charge in [-0.25, -0.2) is 13.5 Å². The van der Waals surface area contributed by atoms with E-state index in [1.165, 1.54) is 24.3 Å². The van der Waals surface area contributed by atoms with Gasteiger partial charge in [-0.1, -0.05) is 7.43 Å². The normalized spacial score (nSPS) is 13.2. The third kappa shape index (κ3) is 5.12. The molecule has 0 spiro atoms. The van der Waals surface area contributed by atoms with Gasteiger partial charge in [-0.15, -0.1) is 5.10 Å². The molecule has 2 aromatic carbocycles. The molecular formula is C22H18F6N6O2. The summed E-state index contributed by atoms with van der Waals surface area (Å²) < 4.78 is 88.9. The molecular weight excluding hydrogens is 494 g/mol. The van der Waals surface area contributed by atoms with Crippen LogP contribution in [0, 0.1) is 11.6 Å². The second-order valence-electron chi connectivity index (χ2n) is 7.26. The van der Waals surface area contributed by atoms with Crippen molar-refractivity contribution in [3.63, 3.8) is 0 Å². The maximum absolute atomic E-state index is 15.7. The van der Waals surface area contributed by atoms with Crippen LogP contribution in [0.2, 0.25) is 0 Å². The highest BCUT2D eigenvalue weighted by atomic mass is 19.3. The van der Waals surface area contributed by atoms with Gasteiger partial charge in [-0.05, 0) is 46.8 Å². The standard InChI is InChI=1S/C21H14F6N6O2.CH4/c22-13-3-6-15(16(23)7-13)20(34,10-33-11-30-31-32-33)21(26,27)18-9-28-17(8-29-18)12-1-4-14(5-2-12)35-19(24)25;/h1-9,11,19,34H,10H2;1H4. The zero-order chi connectivity index (χ0) is 25.2. The summed E-state index contributed by atoms with van der Waals surface area (Å²) in [5, 5.41) is 21.2. The number of nitrogens with zero attached hydrogens (tertiary/aromatic N) is 6. The number of rotatable bonds is 8. The zero-order valence-electron chi connectivity index (χ0n) is 17.4. The van der Waals surface area contributed by atoms with E-state index in [0.29, 0.717) is 23.9 Å².